The minimum Gasteiger partial charge on any atom is -0.489 e. The van der Waals surface area contributed by atoms with Gasteiger partial charge < -0.3 is 14.8 Å². The van der Waals surface area contributed by atoms with Gasteiger partial charge >= 0.3 is 11.9 Å². The number of ether oxygens (including phenoxy) is 2. The number of halogens is 3. The average Bonchev–Trinajstić information content (AvgIpc) is 2.77. The zero-order valence-corrected chi connectivity index (χ0v) is 17.9. The molecule has 2 aromatic carbocycles. The Labute approximate surface area is 186 Å². The van der Waals surface area contributed by atoms with Crippen LogP contribution in [-0.2, 0) is 28.8 Å². The highest BCUT2D eigenvalue weighted by Gasteiger charge is 2.31. The number of para-hydroxylation sites is 1. The summed E-state index contributed by atoms with van der Waals surface area (Å²) in [5.74, 6) is -0.747. The summed E-state index contributed by atoms with van der Waals surface area (Å²) in [6.07, 6.45) is -4.63. The van der Waals surface area contributed by atoms with Crippen LogP contribution in [0, 0.1) is 0 Å². The van der Waals surface area contributed by atoms with E-state index in [1.54, 1.807) is 19.1 Å². The Morgan fingerprint density at radius 1 is 1.06 bits per heavy atom. The van der Waals surface area contributed by atoms with Gasteiger partial charge in [-0.05, 0) is 37.3 Å². The number of benzene rings is 2. The molecule has 0 spiro atoms. The Morgan fingerprint density at radius 3 is 2.45 bits per heavy atom. The van der Waals surface area contributed by atoms with Crippen LogP contribution in [0.1, 0.15) is 12.5 Å². The first kappa shape index (κ1) is 24.1. The van der Waals surface area contributed by atoms with Crippen molar-refractivity contribution in [3.63, 3.8) is 0 Å². The zero-order chi connectivity index (χ0) is 24.2. The molecule has 1 heterocycles. The molecule has 11 heteroatoms. The topological polar surface area (TPSA) is 91.6 Å². The zero-order valence-electron chi connectivity index (χ0n) is 17.9. The number of methoxy groups -OCH3 is 1. The lowest BCUT2D eigenvalue weighted by molar-refractivity contribution is -0.137. The van der Waals surface area contributed by atoms with E-state index in [1.807, 2.05) is 0 Å². The largest absolute Gasteiger partial charge is 0.489 e. The van der Waals surface area contributed by atoms with Crippen LogP contribution in [0.15, 0.2) is 52.1 Å². The molecule has 176 valence electrons. The van der Waals surface area contributed by atoms with E-state index in [9.17, 15) is 27.6 Å². The molecule has 3 aromatic rings. The van der Waals surface area contributed by atoms with E-state index in [4.69, 9.17) is 9.47 Å². The van der Waals surface area contributed by atoms with E-state index < -0.39 is 35.4 Å². The van der Waals surface area contributed by atoms with E-state index >= 15 is 0 Å². The SMILES string of the molecule is CCn1c(=O)c2ccccc2n(CC(=O)Nc2cc(C(F)(F)F)ccc2OCCOC)c1=O. The average molecular weight is 465 g/mol. The quantitative estimate of drug-likeness (QED) is 0.517. The predicted molar refractivity (Wildman–Crippen MR) is 116 cm³/mol. The lowest BCUT2D eigenvalue weighted by atomic mass is 10.1. The number of hydrogen-bond donors (Lipinski definition) is 1. The van der Waals surface area contributed by atoms with Crippen LogP contribution in [-0.4, -0.2) is 35.4 Å². The maximum atomic E-state index is 13.2. The van der Waals surface area contributed by atoms with Crippen molar-refractivity contribution in [3.8, 4) is 5.75 Å². The second-order valence-corrected chi connectivity index (χ2v) is 7.03. The number of nitrogens with zero attached hydrogens (tertiary/aromatic N) is 2. The molecule has 33 heavy (non-hydrogen) atoms. The van der Waals surface area contributed by atoms with E-state index in [0.717, 1.165) is 27.3 Å². The van der Waals surface area contributed by atoms with Crippen LogP contribution in [0.2, 0.25) is 0 Å². The molecule has 1 N–H and O–H groups in total. The smallest absolute Gasteiger partial charge is 0.416 e. The molecule has 0 aliphatic heterocycles. The fourth-order valence-electron chi connectivity index (χ4n) is 3.30. The van der Waals surface area contributed by atoms with Crippen molar-refractivity contribution in [1.82, 2.24) is 9.13 Å². The van der Waals surface area contributed by atoms with Gasteiger partial charge in [-0.15, -0.1) is 0 Å². The van der Waals surface area contributed by atoms with E-state index in [1.165, 1.54) is 19.2 Å². The number of hydrogen-bond acceptors (Lipinski definition) is 5. The van der Waals surface area contributed by atoms with Gasteiger partial charge in [-0.1, -0.05) is 12.1 Å². The lowest BCUT2D eigenvalue weighted by Gasteiger charge is -2.16. The number of carbonyl (C=O) groups excluding carboxylic acids is 1. The van der Waals surface area contributed by atoms with Crippen molar-refractivity contribution in [2.24, 2.45) is 0 Å². The second kappa shape index (κ2) is 9.90. The van der Waals surface area contributed by atoms with Gasteiger partial charge in [0.05, 0.1) is 28.8 Å². The Bertz CT molecular complexity index is 1280. The first-order valence-corrected chi connectivity index (χ1v) is 10.0. The number of nitrogens with one attached hydrogen (secondary N) is 1. The summed E-state index contributed by atoms with van der Waals surface area (Å²) < 4.78 is 51.9. The monoisotopic (exact) mass is 465 g/mol. The van der Waals surface area contributed by atoms with Gasteiger partial charge in [0.2, 0.25) is 5.91 Å². The fraction of sp³-hybridized carbons (Fsp3) is 0.318. The lowest BCUT2D eigenvalue weighted by Crippen LogP contribution is -2.41. The molecule has 0 atom stereocenters. The molecule has 1 aromatic heterocycles. The fourth-order valence-corrected chi connectivity index (χ4v) is 3.30. The van der Waals surface area contributed by atoms with Gasteiger partial charge in [-0.2, -0.15) is 13.2 Å². The molecule has 0 saturated heterocycles. The van der Waals surface area contributed by atoms with Crippen molar-refractivity contribution in [2.45, 2.75) is 26.2 Å². The third kappa shape index (κ3) is 5.25. The molecule has 0 unspecified atom stereocenters. The number of anilines is 1. The number of rotatable bonds is 8. The number of fused-ring (bicyclic) bond motifs is 1. The Balaban J connectivity index is 1.98. The molecule has 3 rings (SSSR count). The first-order chi connectivity index (χ1) is 15.7. The van der Waals surface area contributed by atoms with Crippen LogP contribution < -0.4 is 21.3 Å². The predicted octanol–water partition coefficient (Wildman–Crippen LogP) is 2.87. The van der Waals surface area contributed by atoms with Crippen LogP contribution in [0.25, 0.3) is 10.9 Å². The van der Waals surface area contributed by atoms with Gasteiger partial charge in [0.1, 0.15) is 18.9 Å². The Morgan fingerprint density at radius 2 is 1.79 bits per heavy atom. The molecular weight excluding hydrogens is 443 g/mol. The highest BCUT2D eigenvalue weighted by molar-refractivity contribution is 5.93. The van der Waals surface area contributed by atoms with Crippen molar-refractivity contribution >= 4 is 22.5 Å². The molecule has 0 radical (unpaired) electrons. The van der Waals surface area contributed by atoms with Crippen molar-refractivity contribution in [1.29, 1.82) is 0 Å². The maximum absolute atomic E-state index is 13.2. The van der Waals surface area contributed by atoms with E-state index in [0.29, 0.717) is 0 Å². The van der Waals surface area contributed by atoms with Crippen LogP contribution in [0.4, 0.5) is 18.9 Å². The molecule has 0 saturated carbocycles. The summed E-state index contributed by atoms with van der Waals surface area (Å²) in [5, 5.41) is 2.64. The second-order valence-electron chi connectivity index (χ2n) is 7.03. The third-order valence-corrected chi connectivity index (χ3v) is 4.88. The van der Waals surface area contributed by atoms with Gasteiger partial charge in [0, 0.05) is 13.7 Å². The van der Waals surface area contributed by atoms with Crippen molar-refractivity contribution in [3.05, 3.63) is 68.9 Å². The standard InChI is InChI=1S/C22H22F3N3O5/c1-3-27-20(30)15-6-4-5-7-17(15)28(21(27)31)13-19(29)26-16-12-14(22(23,24)25)8-9-18(16)33-11-10-32-2/h4-9,12H,3,10-11,13H2,1-2H3,(H,26,29). The highest BCUT2D eigenvalue weighted by atomic mass is 19.4. The van der Waals surface area contributed by atoms with Crippen molar-refractivity contribution < 1.29 is 27.4 Å². The minimum absolute atomic E-state index is 0.0177. The Hall–Kier alpha value is -3.60. The molecule has 0 fully saturated rings. The Kier molecular flexibility index (Phi) is 7.22. The number of amides is 1. The molecule has 8 nitrogen and oxygen atoms in total. The normalized spacial score (nSPS) is 11.5. The molecule has 0 aliphatic carbocycles. The summed E-state index contributed by atoms with van der Waals surface area (Å²) in [6.45, 7) is 1.43. The molecule has 0 bridgehead atoms. The van der Waals surface area contributed by atoms with Crippen LogP contribution >= 0.6 is 0 Å². The van der Waals surface area contributed by atoms with E-state index in [2.05, 4.69) is 5.32 Å². The number of alkyl halides is 3. The van der Waals surface area contributed by atoms with Gasteiger partial charge in [-0.25, -0.2) is 4.79 Å². The van der Waals surface area contributed by atoms with Gasteiger partial charge in [-0.3, -0.25) is 18.7 Å². The van der Waals surface area contributed by atoms with Gasteiger partial charge in [0.25, 0.3) is 5.56 Å². The summed E-state index contributed by atoms with van der Waals surface area (Å²) in [5.41, 5.74) is -2.11. The number of carbonyl (C=O) groups is 1. The van der Waals surface area contributed by atoms with Gasteiger partial charge in [0.15, 0.2) is 0 Å². The van der Waals surface area contributed by atoms with Crippen molar-refractivity contribution in [2.75, 3.05) is 25.6 Å². The molecule has 1 amide bonds. The number of aromatic nitrogens is 2. The third-order valence-electron chi connectivity index (χ3n) is 4.88. The van der Waals surface area contributed by atoms with Crippen LogP contribution in [0.5, 0.6) is 5.75 Å². The molecule has 0 aliphatic rings. The summed E-state index contributed by atoms with van der Waals surface area (Å²) >= 11 is 0. The van der Waals surface area contributed by atoms with E-state index in [-0.39, 0.29) is 42.1 Å². The summed E-state index contributed by atoms with van der Waals surface area (Å²) in [6, 6.07) is 9.00. The molecular formula is C22H22F3N3O5. The first-order valence-electron chi connectivity index (χ1n) is 10.0. The summed E-state index contributed by atoms with van der Waals surface area (Å²) in [4.78, 5) is 38.1. The highest BCUT2D eigenvalue weighted by Crippen LogP contribution is 2.35. The van der Waals surface area contributed by atoms with Crippen LogP contribution in [0.3, 0.4) is 0 Å². The minimum atomic E-state index is -4.63. The maximum Gasteiger partial charge on any atom is 0.416 e. The summed E-state index contributed by atoms with van der Waals surface area (Å²) in [7, 11) is 1.44.